The van der Waals surface area contributed by atoms with Crippen molar-refractivity contribution in [2.45, 2.75) is 25.4 Å². The second-order valence-electron chi connectivity index (χ2n) is 3.63. The van der Waals surface area contributed by atoms with Crippen LogP contribution in [0.1, 0.15) is 18.3 Å². The highest BCUT2D eigenvalue weighted by molar-refractivity contribution is 9.08. The van der Waals surface area contributed by atoms with Crippen LogP contribution in [0.5, 0.6) is 5.75 Å². The third-order valence-corrected chi connectivity index (χ3v) is 3.48. The summed E-state index contributed by atoms with van der Waals surface area (Å²) in [5.41, 5.74) is 0.946. The van der Waals surface area contributed by atoms with Crippen molar-refractivity contribution in [1.29, 1.82) is 0 Å². The average Bonchev–Trinajstić information content (AvgIpc) is 2.83. The largest absolute Gasteiger partial charge is 0.485 e. The fraction of sp³-hybridized carbons (Fsp3) is 0.333. The Bertz CT molecular complexity index is 530. The van der Waals surface area contributed by atoms with Crippen LogP contribution in [0.25, 0.3) is 0 Å². The summed E-state index contributed by atoms with van der Waals surface area (Å²) in [7, 11) is 0. The summed E-state index contributed by atoms with van der Waals surface area (Å²) in [6.45, 7) is 3.18. The van der Waals surface area contributed by atoms with Crippen LogP contribution in [0.15, 0.2) is 24.5 Å². The fourth-order valence-corrected chi connectivity index (χ4v) is 2.58. The summed E-state index contributed by atoms with van der Waals surface area (Å²) < 4.78 is 7.56. The lowest BCUT2D eigenvalue weighted by Gasteiger charge is -2.11. The number of benzene rings is 1. The minimum Gasteiger partial charge on any atom is -0.485 e. The normalized spacial score (nSPS) is 10.6. The van der Waals surface area contributed by atoms with Crippen molar-refractivity contribution in [3.05, 3.63) is 40.9 Å². The van der Waals surface area contributed by atoms with E-state index in [-0.39, 0.29) is 0 Å². The van der Waals surface area contributed by atoms with Gasteiger partial charge in [0.2, 0.25) is 0 Å². The number of alkyl halides is 1. The topological polar surface area (TPSA) is 39.9 Å². The predicted octanol–water partition coefficient (Wildman–Crippen LogP) is 3.43. The molecule has 0 bridgehead atoms. The Hall–Kier alpha value is -1.07. The van der Waals surface area contributed by atoms with E-state index in [0.717, 1.165) is 23.7 Å². The highest BCUT2D eigenvalue weighted by atomic mass is 79.9. The molecule has 0 saturated carbocycles. The van der Waals surface area contributed by atoms with Gasteiger partial charge in [0.25, 0.3) is 0 Å². The fourth-order valence-electron chi connectivity index (χ4n) is 1.61. The maximum Gasteiger partial charge on any atom is 0.164 e. The third kappa shape index (κ3) is 2.84. The van der Waals surface area contributed by atoms with Gasteiger partial charge in [-0.05, 0) is 19.1 Å². The molecule has 0 N–H and O–H groups in total. The highest BCUT2D eigenvalue weighted by Gasteiger charge is 2.09. The first-order valence-corrected chi connectivity index (χ1v) is 7.09. The molecule has 18 heavy (non-hydrogen) atoms. The SMILES string of the molecule is CCn1ncnc1COc1cccc(Cl)c1CBr. The van der Waals surface area contributed by atoms with Crippen LogP contribution in [-0.4, -0.2) is 14.8 Å². The maximum absolute atomic E-state index is 6.11. The Labute approximate surface area is 119 Å². The quantitative estimate of drug-likeness (QED) is 0.789. The minimum atomic E-state index is 0.383. The van der Waals surface area contributed by atoms with Crippen molar-refractivity contribution < 1.29 is 4.74 Å². The van der Waals surface area contributed by atoms with Crippen molar-refractivity contribution in [2.24, 2.45) is 0 Å². The minimum absolute atomic E-state index is 0.383. The Morgan fingerprint density at radius 3 is 3.00 bits per heavy atom. The van der Waals surface area contributed by atoms with E-state index < -0.39 is 0 Å². The molecule has 0 unspecified atom stereocenters. The molecule has 6 heteroatoms. The van der Waals surface area contributed by atoms with Crippen LogP contribution in [0, 0.1) is 0 Å². The molecule has 0 radical (unpaired) electrons. The Morgan fingerprint density at radius 2 is 2.28 bits per heavy atom. The molecular formula is C12H13BrClN3O. The highest BCUT2D eigenvalue weighted by Crippen LogP contribution is 2.28. The Kier molecular flexibility index (Phi) is 4.60. The van der Waals surface area contributed by atoms with Gasteiger partial charge in [0, 0.05) is 22.5 Å². The zero-order valence-electron chi connectivity index (χ0n) is 9.94. The van der Waals surface area contributed by atoms with Crippen LogP contribution in [0.2, 0.25) is 5.02 Å². The second-order valence-corrected chi connectivity index (χ2v) is 4.60. The van der Waals surface area contributed by atoms with Gasteiger partial charge in [-0.3, -0.25) is 0 Å². The van der Waals surface area contributed by atoms with E-state index in [9.17, 15) is 0 Å². The van der Waals surface area contributed by atoms with Gasteiger partial charge in [0.05, 0.1) is 0 Å². The molecular weight excluding hydrogens is 318 g/mol. The van der Waals surface area contributed by atoms with Gasteiger partial charge in [-0.15, -0.1) is 0 Å². The van der Waals surface area contributed by atoms with Crippen molar-refractivity contribution in [3.8, 4) is 5.75 Å². The molecule has 4 nitrogen and oxygen atoms in total. The summed E-state index contributed by atoms with van der Waals surface area (Å²) >= 11 is 9.51. The van der Waals surface area contributed by atoms with Crippen molar-refractivity contribution in [3.63, 3.8) is 0 Å². The van der Waals surface area contributed by atoms with E-state index in [1.54, 1.807) is 4.68 Å². The lowest BCUT2D eigenvalue weighted by Crippen LogP contribution is -2.08. The van der Waals surface area contributed by atoms with Gasteiger partial charge in [-0.2, -0.15) is 5.10 Å². The number of ether oxygens (including phenoxy) is 1. The molecule has 96 valence electrons. The van der Waals surface area contributed by atoms with Crippen LogP contribution < -0.4 is 4.74 Å². The molecule has 0 atom stereocenters. The van der Waals surface area contributed by atoms with Crippen LogP contribution >= 0.6 is 27.5 Å². The Balaban J connectivity index is 2.13. The third-order valence-electron chi connectivity index (χ3n) is 2.56. The molecule has 1 heterocycles. The monoisotopic (exact) mass is 329 g/mol. The van der Waals surface area contributed by atoms with Gasteiger partial charge in [-0.1, -0.05) is 33.6 Å². The van der Waals surface area contributed by atoms with Crippen molar-refractivity contribution in [2.75, 3.05) is 0 Å². The van der Waals surface area contributed by atoms with Crippen molar-refractivity contribution in [1.82, 2.24) is 14.8 Å². The number of nitrogens with zero attached hydrogens (tertiary/aromatic N) is 3. The van der Waals surface area contributed by atoms with Crippen molar-refractivity contribution >= 4 is 27.5 Å². The summed E-state index contributed by atoms with van der Waals surface area (Å²) in [6.07, 6.45) is 1.53. The first kappa shape index (κ1) is 13.4. The zero-order chi connectivity index (χ0) is 13.0. The first-order chi connectivity index (χ1) is 8.76. The maximum atomic E-state index is 6.11. The predicted molar refractivity (Wildman–Crippen MR) is 74.1 cm³/mol. The van der Waals surface area contributed by atoms with E-state index in [4.69, 9.17) is 16.3 Å². The number of hydrogen-bond donors (Lipinski definition) is 0. The van der Waals surface area contributed by atoms with Crippen LogP contribution in [0.4, 0.5) is 0 Å². The molecule has 2 rings (SSSR count). The summed E-state index contributed by atoms with van der Waals surface area (Å²) in [6, 6.07) is 5.61. The summed E-state index contributed by atoms with van der Waals surface area (Å²) in [5, 5.41) is 5.45. The van der Waals surface area contributed by atoms with E-state index in [1.807, 2.05) is 25.1 Å². The van der Waals surface area contributed by atoms with E-state index in [0.29, 0.717) is 17.0 Å². The van der Waals surface area contributed by atoms with E-state index in [1.165, 1.54) is 6.33 Å². The number of hydrogen-bond acceptors (Lipinski definition) is 3. The van der Waals surface area contributed by atoms with E-state index in [2.05, 4.69) is 26.0 Å². The van der Waals surface area contributed by atoms with Gasteiger partial charge in [0.15, 0.2) is 5.82 Å². The molecule has 0 aliphatic carbocycles. The van der Waals surface area contributed by atoms with Gasteiger partial charge in [-0.25, -0.2) is 9.67 Å². The summed E-state index contributed by atoms with van der Waals surface area (Å²) in [4.78, 5) is 4.16. The lowest BCUT2D eigenvalue weighted by atomic mass is 10.2. The molecule has 1 aromatic heterocycles. The Morgan fingerprint density at radius 1 is 1.44 bits per heavy atom. The molecule has 0 saturated heterocycles. The summed E-state index contributed by atoms with van der Waals surface area (Å²) in [5.74, 6) is 1.57. The molecule has 1 aromatic carbocycles. The molecule has 0 spiro atoms. The molecule has 2 aromatic rings. The molecule has 0 fully saturated rings. The standard InChI is InChI=1S/C12H13BrClN3O/c1-2-17-12(15-8-16-17)7-18-11-5-3-4-10(14)9(11)6-13/h3-5,8H,2,6-7H2,1H3. The van der Waals surface area contributed by atoms with Crippen LogP contribution in [-0.2, 0) is 18.5 Å². The number of halogens is 2. The van der Waals surface area contributed by atoms with Crippen LogP contribution in [0.3, 0.4) is 0 Å². The second kappa shape index (κ2) is 6.20. The van der Waals surface area contributed by atoms with Gasteiger partial charge >= 0.3 is 0 Å². The average molecular weight is 331 g/mol. The molecule has 0 aliphatic rings. The molecule has 0 aliphatic heterocycles. The number of rotatable bonds is 5. The van der Waals surface area contributed by atoms with Gasteiger partial charge in [0.1, 0.15) is 18.7 Å². The molecule has 0 amide bonds. The van der Waals surface area contributed by atoms with Gasteiger partial charge < -0.3 is 4.74 Å². The van der Waals surface area contributed by atoms with E-state index >= 15 is 0 Å². The number of aromatic nitrogens is 3. The smallest absolute Gasteiger partial charge is 0.164 e. The number of aryl methyl sites for hydroxylation is 1. The lowest BCUT2D eigenvalue weighted by molar-refractivity contribution is 0.285. The zero-order valence-corrected chi connectivity index (χ0v) is 12.3. The first-order valence-electron chi connectivity index (χ1n) is 5.59.